The Morgan fingerprint density at radius 3 is 2.32 bits per heavy atom. The van der Waals surface area contributed by atoms with E-state index in [0.29, 0.717) is 54.1 Å². The molecule has 6 nitrogen and oxygen atoms in total. The van der Waals surface area contributed by atoms with Gasteiger partial charge in [0.2, 0.25) is 5.91 Å². The van der Waals surface area contributed by atoms with E-state index < -0.39 is 0 Å². The Bertz CT molecular complexity index is 936. The zero-order valence-corrected chi connectivity index (χ0v) is 19.3. The summed E-state index contributed by atoms with van der Waals surface area (Å²) in [7, 11) is 1.54. The number of anilines is 1. The molecule has 0 aromatic heterocycles. The Morgan fingerprint density at radius 1 is 1.10 bits per heavy atom. The molecule has 0 bridgehead atoms. The van der Waals surface area contributed by atoms with E-state index in [4.69, 9.17) is 16.3 Å². The first-order valence-corrected chi connectivity index (χ1v) is 10.9. The first-order valence-electron chi connectivity index (χ1n) is 10.5. The Morgan fingerprint density at radius 2 is 1.74 bits per heavy atom. The number of methoxy groups -OCH3 is 1. The molecule has 1 heterocycles. The highest BCUT2D eigenvalue weighted by molar-refractivity contribution is 6.31. The van der Waals surface area contributed by atoms with Crippen LogP contribution >= 0.6 is 11.6 Å². The maximum Gasteiger partial charge on any atom is 0.253 e. The number of nitrogens with one attached hydrogen (secondary N) is 1. The standard InChI is InChI=1S/C24H30ClN3O3/c1-16(2)18-5-7-19(8-6-18)24(30)28-11-9-27(10-12-28)15-23(29)26-21-13-17(3)20(25)14-22(21)31-4/h5-8,13-14,16H,9-12,15H2,1-4H3,(H,26,29). The lowest BCUT2D eigenvalue weighted by Crippen LogP contribution is -2.50. The van der Waals surface area contributed by atoms with Gasteiger partial charge >= 0.3 is 0 Å². The summed E-state index contributed by atoms with van der Waals surface area (Å²) in [6.07, 6.45) is 0. The minimum absolute atomic E-state index is 0.0424. The summed E-state index contributed by atoms with van der Waals surface area (Å²) in [5, 5.41) is 3.50. The first-order chi connectivity index (χ1) is 14.8. The van der Waals surface area contributed by atoms with Crippen LogP contribution < -0.4 is 10.1 Å². The highest BCUT2D eigenvalue weighted by atomic mass is 35.5. The number of nitrogens with zero attached hydrogens (tertiary/aromatic N) is 2. The van der Waals surface area contributed by atoms with E-state index in [9.17, 15) is 9.59 Å². The average Bonchev–Trinajstić information content (AvgIpc) is 2.76. The van der Waals surface area contributed by atoms with Gasteiger partial charge in [0.25, 0.3) is 5.91 Å². The molecule has 0 unspecified atom stereocenters. The highest BCUT2D eigenvalue weighted by Crippen LogP contribution is 2.30. The second kappa shape index (κ2) is 10.2. The van der Waals surface area contributed by atoms with Crippen molar-refractivity contribution in [3.05, 3.63) is 58.1 Å². The summed E-state index contributed by atoms with van der Waals surface area (Å²) in [6.45, 7) is 8.91. The fraction of sp³-hybridized carbons (Fsp3) is 0.417. The van der Waals surface area contributed by atoms with Gasteiger partial charge in [-0.3, -0.25) is 14.5 Å². The van der Waals surface area contributed by atoms with Crippen molar-refractivity contribution in [2.45, 2.75) is 26.7 Å². The van der Waals surface area contributed by atoms with Crippen molar-refractivity contribution in [1.82, 2.24) is 9.80 Å². The molecular weight excluding hydrogens is 414 g/mol. The molecule has 0 radical (unpaired) electrons. The summed E-state index contributed by atoms with van der Waals surface area (Å²) in [6, 6.07) is 11.3. The quantitative estimate of drug-likeness (QED) is 0.727. The molecule has 1 saturated heterocycles. The van der Waals surface area contributed by atoms with Crippen LogP contribution in [0.2, 0.25) is 5.02 Å². The fourth-order valence-corrected chi connectivity index (χ4v) is 3.78. The maximum absolute atomic E-state index is 12.8. The minimum atomic E-state index is -0.121. The number of piperazine rings is 1. The van der Waals surface area contributed by atoms with E-state index in [1.54, 1.807) is 19.2 Å². The second-order valence-corrected chi connectivity index (χ2v) is 8.60. The lowest BCUT2D eigenvalue weighted by Gasteiger charge is -2.34. The van der Waals surface area contributed by atoms with Gasteiger partial charge in [0.1, 0.15) is 5.75 Å². The van der Waals surface area contributed by atoms with Crippen LogP contribution in [0.25, 0.3) is 0 Å². The van der Waals surface area contributed by atoms with E-state index in [1.165, 1.54) is 5.56 Å². The van der Waals surface area contributed by atoms with E-state index in [1.807, 2.05) is 36.1 Å². The average molecular weight is 444 g/mol. The van der Waals surface area contributed by atoms with Gasteiger partial charge in [0.15, 0.2) is 0 Å². The Kier molecular flexibility index (Phi) is 7.57. The van der Waals surface area contributed by atoms with Crippen LogP contribution in [0.4, 0.5) is 5.69 Å². The Hall–Kier alpha value is -2.57. The number of carbonyl (C=O) groups excluding carboxylic acids is 2. The van der Waals surface area contributed by atoms with Crippen LogP contribution in [-0.4, -0.2) is 61.4 Å². The fourth-order valence-electron chi connectivity index (χ4n) is 3.62. The summed E-state index contributed by atoms with van der Waals surface area (Å²) in [5.41, 5.74) is 3.40. The molecule has 0 atom stereocenters. The van der Waals surface area contributed by atoms with Crippen LogP contribution in [0.3, 0.4) is 0 Å². The Labute approximate surface area is 189 Å². The van der Waals surface area contributed by atoms with E-state index >= 15 is 0 Å². The lowest BCUT2D eigenvalue weighted by molar-refractivity contribution is -0.117. The number of benzene rings is 2. The molecule has 1 aliphatic heterocycles. The van der Waals surface area contributed by atoms with Gasteiger partial charge in [-0.05, 0) is 42.2 Å². The van der Waals surface area contributed by atoms with E-state index in [0.717, 1.165) is 5.56 Å². The number of hydrogen-bond acceptors (Lipinski definition) is 4. The maximum atomic E-state index is 12.8. The summed E-state index contributed by atoms with van der Waals surface area (Å²) in [4.78, 5) is 29.2. The zero-order chi connectivity index (χ0) is 22.5. The van der Waals surface area contributed by atoms with Gasteiger partial charge in [0.05, 0.1) is 19.3 Å². The van der Waals surface area contributed by atoms with Gasteiger partial charge in [-0.25, -0.2) is 0 Å². The minimum Gasteiger partial charge on any atom is -0.495 e. The number of amides is 2. The van der Waals surface area contributed by atoms with Crippen molar-refractivity contribution in [2.24, 2.45) is 0 Å². The van der Waals surface area contributed by atoms with Crippen molar-refractivity contribution < 1.29 is 14.3 Å². The predicted molar refractivity (Wildman–Crippen MR) is 124 cm³/mol. The number of ether oxygens (including phenoxy) is 1. The molecule has 1 N–H and O–H groups in total. The van der Waals surface area contributed by atoms with Gasteiger partial charge in [-0.15, -0.1) is 0 Å². The number of carbonyl (C=O) groups is 2. The molecule has 1 fully saturated rings. The van der Waals surface area contributed by atoms with E-state index in [2.05, 4.69) is 24.1 Å². The van der Waals surface area contributed by atoms with Crippen molar-refractivity contribution in [1.29, 1.82) is 0 Å². The number of aryl methyl sites for hydroxylation is 1. The molecule has 7 heteroatoms. The summed E-state index contributed by atoms with van der Waals surface area (Å²) in [5.74, 6) is 0.892. The topological polar surface area (TPSA) is 61.9 Å². The molecule has 0 aliphatic carbocycles. The number of hydrogen-bond donors (Lipinski definition) is 1. The zero-order valence-electron chi connectivity index (χ0n) is 18.6. The van der Waals surface area contributed by atoms with Crippen molar-refractivity contribution in [3.8, 4) is 5.75 Å². The van der Waals surface area contributed by atoms with Crippen LogP contribution in [0.5, 0.6) is 5.75 Å². The first kappa shape index (κ1) is 23.1. The molecule has 2 aromatic rings. The lowest BCUT2D eigenvalue weighted by atomic mass is 10.0. The van der Waals surface area contributed by atoms with Gasteiger partial charge in [0, 0.05) is 42.8 Å². The predicted octanol–water partition coefficient (Wildman–Crippen LogP) is 4.18. The number of rotatable bonds is 6. The summed E-state index contributed by atoms with van der Waals surface area (Å²) >= 11 is 6.13. The molecule has 2 amide bonds. The third-order valence-corrected chi connectivity index (χ3v) is 6.01. The normalized spacial score (nSPS) is 14.6. The van der Waals surface area contributed by atoms with Gasteiger partial charge < -0.3 is 15.0 Å². The van der Waals surface area contributed by atoms with E-state index in [-0.39, 0.29) is 18.4 Å². The number of halogens is 1. The Balaban J connectivity index is 1.52. The largest absolute Gasteiger partial charge is 0.495 e. The molecule has 1 aliphatic rings. The molecular formula is C24H30ClN3O3. The second-order valence-electron chi connectivity index (χ2n) is 8.19. The molecule has 0 spiro atoms. The van der Waals surface area contributed by atoms with Crippen molar-refractivity contribution in [2.75, 3.05) is 45.2 Å². The van der Waals surface area contributed by atoms with Crippen LogP contribution in [-0.2, 0) is 4.79 Å². The van der Waals surface area contributed by atoms with Crippen molar-refractivity contribution >= 4 is 29.1 Å². The van der Waals surface area contributed by atoms with Gasteiger partial charge in [-0.1, -0.05) is 37.6 Å². The third kappa shape index (κ3) is 5.77. The molecule has 31 heavy (non-hydrogen) atoms. The molecule has 2 aromatic carbocycles. The monoisotopic (exact) mass is 443 g/mol. The molecule has 166 valence electrons. The van der Waals surface area contributed by atoms with Crippen LogP contribution in [0.15, 0.2) is 36.4 Å². The summed E-state index contributed by atoms with van der Waals surface area (Å²) < 4.78 is 5.32. The molecule has 3 rings (SSSR count). The van der Waals surface area contributed by atoms with Gasteiger partial charge in [-0.2, -0.15) is 0 Å². The van der Waals surface area contributed by atoms with Crippen molar-refractivity contribution in [3.63, 3.8) is 0 Å². The highest BCUT2D eigenvalue weighted by Gasteiger charge is 2.23. The smallest absolute Gasteiger partial charge is 0.253 e. The van der Waals surface area contributed by atoms with Crippen LogP contribution in [0, 0.1) is 6.92 Å². The SMILES string of the molecule is COc1cc(Cl)c(C)cc1NC(=O)CN1CCN(C(=O)c2ccc(C(C)C)cc2)CC1. The molecule has 0 saturated carbocycles. The third-order valence-electron chi connectivity index (χ3n) is 5.61. The van der Waals surface area contributed by atoms with Crippen LogP contribution in [0.1, 0.15) is 41.3 Å².